The number of rotatable bonds is 4. The van der Waals surface area contributed by atoms with Gasteiger partial charge in [0.05, 0.1) is 12.2 Å². The molecule has 0 saturated carbocycles. The molecular weight excluding hydrogens is 230 g/mol. The third-order valence-electron chi connectivity index (χ3n) is 2.05. The van der Waals surface area contributed by atoms with Crippen molar-refractivity contribution in [2.45, 2.75) is 12.8 Å². The summed E-state index contributed by atoms with van der Waals surface area (Å²) in [4.78, 5) is 10.9. The van der Waals surface area contributed by atoms with Crippen molar-refractivity contribution in [1.82, 2.24) is 0 Å². The summed E-state index contributed by atoms with van der Waals surface area (Å²) in [5, 5.41) is 0. The molecule has 0 heterocycles. The van der Waals surface area contributed by atoms with Crippen molar-refractivity contribution in [2.75, 3.05) is 6.26 Å². The summed E-state index contributed by atoms with van der Waals surface area (Å²) < 4.78 is 26.3. The van der Waals surface area contributed by atoms with Gasteiger partial charge in [-0.25, -0.2) is 0 Å². The second-order valence-corrected chi connectivity index (χ2v) is 5.06. The largest absolute Gasteiger partial charge is 0.383 e. The van der Waals surface area contributed by atoms with E-state index in [1.807, 2.05) is 0 Å². The Morgan fingerprint density at radius 2 is 1.81 bits per heavy atom. The summed E-state index contributed by atoms with van der Waals surface area (Å²) in [6, 6.07) is 6.18. The monoisotopic (exact) mass is 243 g/mol. The summed E-state index contributed by atoms with van der Waals surface area (Å²) >= 11 is 0. The highest BCUT2D eigenvalue weighted by atomic mass is 32.2. The number of hydrogen-bond acceptors (Lipinski definition) is 4. The Bertz CT molecular complexity index is 478. The van der Waals surface area contributed by atoms with Crippen molar-refractivity contribution in [1.29, 1.82) is 0 Å². The Balaban J connectivity index is 2.87. The fraction of sp³-hybridized carbons (Fsp3) is 0.300. The van der Waals surface area contributed by atoms with E-state index in [0.717, 1.165) is 6.26 Å². The van der Waals surface area contributed by atoms with E-state index < -0.39 is 21.9 Å². The lowest BCUT2D eigenvalue weighted by Gasteiger charge is -2.08. The van der Waals surface area contributed by atoms with Crippen LogP contribution in [-0.2, 0) is 14.9 Å². The standard InChI is InChI=1S/C10H13NO4S/c1-7(10(11)12)8-3-5-9(6-4-8)15-16(2,13)14/h3-7H,1-2H3,(H2,11,12)/t7-/m0/s1. The molecule has 6 heteroatoms. The van der Waals surface area contributed by atoms with Gasteiger partial charge < -0.3 is 9.92 Å². The van der Waals surface area contributed by atoms with Gasteiger partial charge in [-0.05, 0) is 24.6 Å². The highest BCUT2D eigenvalue weighted by molar-refractivity contribution is 7.86. The van der Waals surface area contributed by atoms with Crippen LogP contribution in [0.1, 0.15) is 18.4 Å². The summed E-state index contributed by atoms with van der Waals surface area (Å²) in [7, 11) is -3.52. The number of benzene rings is 1. The van der Waals surface area contributed by atoms with Gasteiger partial charge in [0, 0.05) is 0 Å². The molecule has 0 fully saturated rings. The average Bonchev–Trinajstić information content (AvgIpc) is 2.15. The fourth-order valence-electron chi connectivity index (χ4n) is 1.15. The zero-order valence-corrected chi connectivity index (χ0v) is 9.82. The van der Waals surface area contributed by atoms with Gasteiger partial charge in [-0.1, -0.05) is 12.1 Å². The quantitative estimate of drug-likeness (QED) is 0.785. The molecule has 1 atom stereocenters. The van der Waals surface area contributed by atoms with Crippen LogP contribution in [0.3, 0.4) is 0 Å². The minimum absolute atomic E-state index is 0.211. The predicted molar refractivity (Wildman–Crippen MR) is 59.5 cm³/mol. The number of nitrogens with two attached hydrogens (primary N) is 1. The van der Waals surface area contributed by atoms with Crippen molar-refractivity contribution in [3.8, 4) is 5.75 Å². The lowest BCUT2D eigenvalue weighted by molar-refractivity contribution is -0.119. The zero-order chi connectivity index (χ0) is 12.3. The molecule has 2 N–H and O–H groups in total. The van der Waals surface area contributed by atoms with Gasteiger partial charge in [0.15, 0.2) is 0 Å². The third-order valence-corrected chi connectivity index (χ3v) is 2.55. The smallest absolute Gasteiger partial charge is 0.306 e. The van der Waals surface area contributed by atoms with Gasteiger partial charge in [-0.2, -0.15) is 8.42 Å². The van der Waals surface area contributed by atoms with E-state index in [4.69, 9.17) is 5.73 Å². The van der Waals surface area contributed by atoms with Gasteiger partial charge in [-0.15, -0.1) is 0 Å². The van der Waals surface area contributed by atoms with Crippen LogP contribution < -0.4 is 9.92 Å². The molecule has 0 bridgehead atoms. The van der Waals surface area contributed by atoms with Crippen LogP contribution >= 0.6 is 0 Å². The number of hydrogen-bond donors (Lipinski definition) is 1. The van der Waals surface area contributed by atoms with Crippen molar-refractivity contribution < 1.29 is 17.4 Å². The van der Waals surface area contributed by atoms with Gasteiger partial charge in [0.2, 0.25) is 5.91 Å². The molecule has 0 saturated heterocycles. The summed E-state index contributed by atoms with van der Waals surface area (Å²) in [6.07, 6.45) is 0.965. The van der Waals surface area contributed by atoms with Crippen LogP contribution in [-0.4, -0.2) is 20.6 Å². The molecule has 0 aliphatic rings. The first-order valence-electron chi connectivity index (χ1n) is 4.58. The van der Waals surface area contributed by atoms with Crippen molar-refractivity contribution >= 4 is 16.0 Å². The van der Waals surface area contributed by atoms with Crippen LogP contribution in [0.25, 0.3) is 0 Å². The molecular formula is C10H13NO4S. The van der Waals surface area contributed by atoms with Crippen molar-refractivity contribution in [2.24, 2.45) is 5.73 Å². The van der Waals surface area contributed by atoms with Crippen LogP contribution in [0.5, 0.6) is 5.75 Å². The van der Waals surface area contributed by atoms with Crippen LogP contribution in [0.2, 0.25) is 0 Å². The first kappa shape index (κ1) is 12.5. The van der Waals surface area contributed by atoms with E-state index in [1.165, 1.54) is 12.1 Å². The highest BCUT2D eigenvalue weighted by Crippen LogP contribution is 2.19. The summed E-state index contributed by atoms with van der Waals surface area (Å²) in [6.45, 7) is 1.68. The average molecular weight is 243 g/mol. The lowest BCUT2D eigenvalue weighted by Crippen LogP contribution is -2.18. The Labute approximate surface area is 94.3 Å². The van der Waals surface area contributed by atoms with Crippen LogP contribution in [0.4, 0.5) is 0 Å². The van der Waals surface area contributed by atoms with Gasteiger partial charge in [0.25, 0.3) is 0 Å². The number of primary amides is 1. The van der Waals surface area contributed by atoms with Gasteiger partial charge in [0.1, 0.15) is 5.75 Å². The summed E-state index contributed by atoms with van der Waals surface area (Å²) in [5.41, 5.74) is 5.86. The predicted octanol–water partition coefficient (Wildman–Crippen LogP) is 0.614. The Morgan fingerprint density at radius 3 is 2.19 bits per heavy atom. The van der Waals surface area contributed by atoms with Gasteiger partial charge in [-0.3, -0.25) is 4.79 Å². The molecule has 0 aromatic heterocycles. The van der Waals surface area contributed by atoms with E-state index in [2.05, 4.69) is 4.18 Å². The molecule has 0 spiro atoms. The van der Waals surface area contributed by atoms with Crippen LogP contribution in [0.15, 0.2) is 24.3 Å². The Morgan fingerprint density at radius 1 is 1.31 bits per heavy atom. The molecule has 0 radical (unpaired) electrons. The van der Waals surface area contributed by atoms with E-state index in [1.54, 1.807) is 19.1 Å². The molecule has 88 valence electrons. The molecule has 1 aromatic carbocycles. The molecule has 1 rings (SSSR count). The minimum Gasteiger partial charge on any atom is -0.383 e. The summed E-state index contributed by atoms with van der Waals surface area (Å²) in [5.74, 6) is -0.632. The second kappa shape index (κ2) is 4.52. The van der Waals surface area contributed by atoms with Crippen LogP contribution in [0, 0.1) is 0 Å². The lowest BCUT2D eigenvalue weighted by atomic mass is 10.0. The van der Waals surface area contributed by atoms with Gasteiger partial charge >= 0.3 is 10.1 Å². The Kier molecular flexibility index (Phi) is 3.54. The zero-order valence-electron chi connectivity index (χ0n) is 9.01. The number of amides is 1. The topological polar surface area (TPSA) is 86.5 Å². The SMILES string of the molecule is C[C@H](C(N)=O)c1ccc(OS(C)(=O)=O)cc1. The fourth-order valence-corrected chi connectivity index (χ4v) is 1.61. The van der Waals surface area contributed by atoms with Crippen molar-refractivity contribution in [3.05, 3.63) is 29.8 Å². The van der Waals surface area contributed by atoms with E-state index >= 15 is 0 Å². The van der Waals surface area contributed by atoms with E-state index in [-0.39, 0.29) is 5.75 Å². The number of carbonyl (C=O) groups is 1. The molecule has 16 heavy (non-hydrogen) atoms. The first-order valence-corrected chi connectivity index (χ1v) is 6.40. The minimum atomic E-state index is -3.52. The first-order chi connectivity index (χ1) is 7.29. The Hall–Kier alpha value is -1.56. The van der Waals surface area contributed by atoms with E-state index in [0.29, 0.717) is 5.56 Å². The second-order valence-electron chi connectivity index (χ2n) is 3.48. The number of carbonyl (C=O) groups excluding carboxylic acids is 1. The molecule has 0 unspecified atom stereocenters. The normalized spacial score (nSPS) is 13.1. The third kappa shape index (κ3) is 3.54. The maximum atomic E-state index is 10.9. The molecule has 1 amide bonds. The molecule has 0 aliphatic heterocycles. The maximum Gasteiger partial charge on any atom is 0.306 e. The molecule has 0 aliphatic carbocycles. The van der Waals surface area contributed by atoms with Crippen molar-refractivity contribution in [3.63, 3.8) is 0 Å². The van der Waals surface area contributed by atoms with E-state index in [9.17, 15) is 13.2 Å². The maximum absolute atomic E-state index is 10.9. The molecule has 1 aromatic rings. The molecule has 5 nitrogen and oxygen atoms in total. The highest BCUT2D eigenvalue weighted by Gasteiger charge is 2.12.